The molecule has 3 rings (SSSR count). The van der Waals surface area contributed by atoms with Crippen LogP contribution in [0.25, 0.3) is 0 Å². The maximum atomic E-state index is 12.8. The van der Waals surface area contributed by atoms with E-state index in [2.05, 4.69) is 29.3 Å². The zero-order valence-electron chi connectivity index (χ0n) is 15.5. The number of nitrogens with zero attached hydrogens (tertiary/aromatic N) is 1. The van der Waals surface area contributed by atoms with E-state index in [1.54, 1.807) is 0 Å². The van der Waals surface area contributed by atoms with E-state index in [1.807, 2.05) is 12.1 Å². The van der Waals surface area contributed by atoms with E-state index < -0.39 is 0 Å². The van der Waals surface area contributed by atoms with Gasteiger partial charge in [-0.1, -0.05) is 31.9 Å². The van der Waals surface area contributed by atoms with Crippen LogP contribution in [-0.4, -0.2) is 35.6 Å². The van der Waals surface area contributed by atoms with Crippen molar-refractivity contribution in [1.29, 1.82) is 0 Å². The maximum Gasteiger partial charge on any atom is 0.230 e. The van der Waals surface area contributed by atoms with Gasteiger partial charge >= 0.3 is 0 Å². The van der Waals surface area contributed by atoms with Crippen LogP contribution in [0, 0.1) is 11.3 Å². The highest BCUT2D eigenvalue weighted by atomic mass is 16.3. The van der Waals surface area contributed by atoms with Crippen molar-refractivity contribution < 1.29 is 9.90 Å². The third-order valence-electron chi connectivity index (χ3n) is 6.28. The number of hydrogen-bond acceptors (Lipinski definition) is 3. The lowest BCUT2D eigenvalue weighted by Gasteiger charge is -2.31. The van der Waals surface area contributed by atoms with E-state index in [-0.39, 0.29) is 11.3 Å². The number of aliphatic hydroxyl groups excluding tert-OH is 1. The Labute approximate surface area is 151 Å². The average molecular weight is 344 g/mol. The van der Waals surface area contributed by atoms with Crippen LogP contribution >= 0.6 is 0 Å². The lowest BCUT2D eigenvalue weighted by molar-refractivity contribution is -0.125. The molecule has 1 saturated carbocycles. The molecule has 2 aliphatic rings. The van der Waals surface area contributed by atoms with E-state index in [4.69, 9.17) is 0 Å². The summed E-state index contributed by atoms with van der Waals surface area (Å²) in [5.41, 5.74) is 2.02. The van der Waals surface area contributed by atoms with Gasteiger partial charge in [0.25, 0.3) is 0 Å². The first-order valence-corrected chi connectivity index (χ1v) is 9.89. The van der Waals surface area contributed by atoms with Gasteiger partial charge in [-0.2, -0.15) is 0 Å². The van der Waals surface area contributed by atoms with Crippen molar-refractivity contribution in [1.82, 2.24) is 4.90 Å². The number of rotatable bonds is 6. The molecular formula is C21H32N2O2. The van der Waals surface area contributed by atoms with Crippen LogP contribution in [0.15, 0.2) is 24.3 Å². The number of benzene rings is 1. The summed E-state index contributed by atoms with van der Waals surface area (Å²) in [7, 11) is 0. The number of anilines is 1. The Bertz CT molecular complexity index is 573. The van der Waals surface area contributed by atoms with Crippen molar-refractivity contribution in [3.8, 4) is 0 Å². The van der Waals surface area contributed by atoms with Crippen molar-refractivity contribution in [3.05, 3.63) is 29.8 Å². The van der Waals surface area contributed by atoms with Crippen LogP contribution in [0.1, 0.15) is 57.4 Å². The molecule has 0 spiro atoms. The zero-order chi connectivity index (χ0) is 17.7. The second kappa shape index (κ2) is 8.33. The Morgan fingerprint density at radius 3 is 2.64 bits per heavy atom. The minimum atomic E-state index is -0.151. The van der Waals surface area contributed by atoms with Gasteiger partial charge in [0.05, 0.1) is 0 Å². The quantitative estimate of drug-likeness (QED) is 0.825. The third kappa shape index (κ3) is 4.42. The molecule has 4 heteroatoms. The lowest BCUT2D eigenvalue weighted by Crippen LogP contribution is -2.34. The lowest BCUT2D eigenvalue weighted by atomic mass is 9.82. The standard InChI is InChI=1S/C21H32N2O2/c1-2-21(10-3-4-11-21)20(25)22-19-7-5-6-18(14-19)15-23-12-8-17(16-24)9-13-23/h5-7,14,17,24H,2-4,8-13,15-16H2,1H3,(H,22,25). The highest BCUT2D eigenvalue weighted by molar-refractivity contribution is 5.95. The molecule has 2 N–H and O–H groups in total. The normalized spacial score (nSPS) is 21.4. The molecule has 1 aliphatic heterocycles. The fraction of sp³-hybridized carbons (Fsp3) is 0.667. The first kappa shape index (κ1) is 18.4. The first-order chi connectivity index (χ1) is 12.1. The highest BCUT2D eigenvalue weighted by Gasteiger charge is 2.39. The Morgan fingerprint density at radius 2 is 2.00 bits per heavy atom. The summed E-state index contributed by atoms with van der Waals surface area (Å²) < 4.78 is 0. The molecule has 0 unspecified atom stereocenters. The molecule has 2 fully saturated rings. The average Bonchev–Trinajstić information content (AvgIpc) is 3.13. The Hall–Kier alpha value is -1.39. The van der Waals surface area contributed by atoms with Crippen LogP contribution in [0.5, 0.6) is 0 Å². The molecule has 1 heterocycles. The Morgan fingerprint density at radius 1 is 1.28 bits per heavy atom. The number of carbonyl (C=O) groups excluding carboxylic acids is 1. The van der Waals surface area contributed by atoms with Crippen LogP contribution in [-0.2, 0) is 11.3 Å². The molecule has 138 valence electrons. The Balaban J connectivity index is 1.59. The fourth-order valence-electron chi connectivity index (χ4n) is 4.39. The summed E-state index contributed by atoms with van der Waals surface area (Å²) in [6.07, 6.45) is 7.47. The molecule has 1 aromatic carbocycles. The van der Waals surface area contributed by atoms with Crippen LogP contribution in [0.2, 0.25) is 0 Å². The van der Waals surface area contributed by atoms with E-state index >= 15 is 0 Å². The summed E-state index contributed by atoms with van der Waals surface area (Å²) in [5, 5.41) is 12.4. The second-order valence-electron chi connectivity index (χ2n) is 7.90. The van der Waals surface area contributed by atoms with Crippen molar-refractivity contribution in [2.45, 2.75) is 58.4 Å². The van der Waals surface area contributed by atoms with Crippen molar-refractivity contribution >= 4 is 11.6 Å². The molecule has 0 radical (unpaired) electrons. The summed E-state index contributed by atoms with van der Waals surface area (Å²) in [6, 6.07) is 8.30. The second-order valence-corrected chi connectivity index (χ2v) is 7.90. The van der Waals surface area contributed by atoms with E-state index in [0.717, 1.165) is 57.4 Å². The van der Waals surface area contributed by atoms with Crippen LogP contribution in [0.4, 0.5) is 5.69 Å². The van der Waals surface area contributed by atoms with Crippen molar-refractivity contribution in [2.75, 3.05) is 25.0 Å². The molecule has 4 nitrogen and oxygen atoms in total. The summed E-state index contributed by atoms with van der Waals surface area (Å²) >= 11 is 0. The number of hydrogen-bond donors (Lipinski definition) is 2. The van der Waals surface area contributed by atoms with Gasteiger partial charge in [-0.05, 0) is 68.8 Å². The van der Waals surface area contributed by atoms with Crippen LogP contribution in [0.3, 0.4) is 0 Å². The molecule has 1 aliphatic carbocycles. The highest BCUT2D eigenvalue weighted by Crippen LogP contribution is 2.41. The molecule has 1 aromatic rings. The van der Waals surface area contributed by atoms with Gasteiger partial charge < -0.3 is 10.4 Å². The number of nitrogens with one attached hydrogen (secondary N) is 1. The maximum absolute atomic E-state index is 12.8. The van der Waals surface area contributed by atoms with Gasteiger partial charge in [-0.25, -0.2) is 0 Å². The molecule has 0 bridgehead atoms. The van der Waals surface area contributed by atoms with Gasteiger partial charge in [0, 0.05) is 24.3 Å². The van der Waals surface area contributed by atoms with Crippen LogP contribution < -0.4 is 5.32 Å². The first-order valence-electron chi connectivity index (χ1n) is 9.89. The summed E-state index contributed by atoms with van der Waals surface area (Å²) in [4.78, 5) is 15.2. The summed E-state index contributed by atoms with van der Waals surface area (Å²) in [6.45, 7) is 5.45. The molecule has 0 aromatic heterocycles. The molecular weight excluding hydrogens is 312 g/mol. The smallest absolute Gasteiger partial charge is 0.230 e. The zero-order valence-corrected chi connectivity index (χ0v) is 15.5. The minimum Gasteiger partial charge on any atom is -0.396 e. The number of aliphatic hydroxyl groups is 1. The van der Waals surface area contributed by atoms with E-state index in [9.17, 15) is 9.90 Å². The Kier molecular flexibility index (Phi) is 6.13. The van der Waals surface area contributed by atoms with Crippen molar-refractivity contribution in [3.63, 3.8) is 0 Å². The fourth-order valence-corrected chi connectivity index (χ4v) is 4.39. The molecule has 0 atom stereocenters. The van der Waals surface area contributed by atoms with Gasteiger partial charge in [0.2, 0.25) is 5.91 Å². The van der Waals surface area contributed by atoms with Crippen molar-refractivity contribution in [2.24, 2.45) is 11.3 Å². The number of likely N-dealkylation sites (tertiary alicyclic amines) is 1. The predicted molar refractivity (Wildman–Crippen MR) is 101 cm³/mol. The minimum absolute atomic E-state index is 0.151. The molecule has 1 saturated heterocycles. The van der Waals surface area contributed by atoms with E-state index in [0.29, 0.717) is 12.5 Å². The monoisotopic (exact) mass is 344 g/mol. The number of carbonyl (C=O) groups is 1. The third-order valence-corrected chi connectivity index (χ3v) is 6.28. The predicted octanol–water partition coefficient (Wildman–Crippen LogP) is 3.80. The largest absolute Gasteiger partial charge is 0.396 e. The van der Waals surface area contributed by atoms with Gasteiger partial charge in [0.15, 0.2) is 0 Å². The topological polar surface area (TPSA) is 52.6 Å². The molecule has 25 heavy (non-hydrogen) atoms. The van der Waals surface area contributed by atoms with Gasteiger partial charge in [-0.15, -0.1) is 0 Å². The van der Waals surface area contributed by atoms with Gasteiger partial charge in [0.1, 0.15) is 0 Å². The van der Waals surface area contributed by atoms with E-state index in [1.165, 1.54) is 18.4 Å². The van der Waals surface area contributed by atoms with Gasteiger partial charge in [-0.3, -0.25) is 9.69 Å². The SMILES string of the molecule is CCC1(C(=O)Nc2cccc(CN3CCC(CO)CC3)c2)CCCC1. The summed E-state index contributed by atoms with van der Waals surface area (Å²) in [5.74, 6) is 0.673. The molecule has 1 amide bonds. The number of amides is 1. The number of piperidine rings is 1.